The Labute approximate surface area is 105 Å². The number of aryl methyl sites for hydroxylation is 1. The molecule has 0 atom stereocenters. The van der Waals surface area contributed by atoms with Gasteiger partial charge in [-0.1, -0.05) is 12.1 Å². The zero-order valence-electron chi connectivity index (χ0n) is 10.2. The SMILES string of the molecule is CCn1c(C=Cc2ccco2)nc2ccccc21. The van der Waals surface area contributed by atoms with Gasteiger partial charge in [0.1, 0.15) is 11.6 Å². The molecule has 3 heteroatoms. The molecule has 0 saturated carbocycles. The van der Waals surface area contributed by atoms with E-state index in [4.69, 9.17) is 4.42 Å². The van der Waals surface area contributed by atoms with Crippen molar-refractivity contribution in [2.24, 2.45) is 0 Å². The standard InChI is InChI=1S/C15H14N2O/c1-2-17-14-8-4-3-7-13(14)16-15(17)10-9-12-6-5-11-18-12/h3-11H,2H2,1H3. The van der Waals surface area contributed by atoms with E-state index in [1.165, 1.54) is 5.52 Å². The summed E-state index contributed by atoms with van der Waals surface area (Å²) in [4.78, 5) is 4.62. The molecule has 2 heterocycles. The summed E-state index contributed by atoms with van der Waals surface area (Å²) in [5, 5.41) is 0. The molecule has 90 valence electrons. The topological polar surface area (TPSA) is 31.0 Å². The molecule has 0 fully saturated rings. The average molecular weight is 238 g/mol. The number of para-hydroxylation sites is 2. The van der Waals surface area contributed by atoms with Crippen molar-refractivity contribution in [3.05, 3.63) is 54.2 Å². The van der Waals surface area contributed by atoms with Gasteiger partial charge in [-0.2, -0.15) is 0 Å². The van der Waals surface area contributed by atoms with E-state index in [0.717, 1.165) is 23.6 Å². The number of imidazole rings is 1. The first-order valence-corrected chi connectivity index (χ1v) is 6.05. The van der Waals surface area contributed by atoms with Crippen LogP contribution in [-0.4, -0.2) is 9.55 Å². The zero-order valence-corrected chi connectivity index (χ0v) is 10.2. The monoisotopic (exact) mass is 238 g/mol. The largest absolute Gasteiger partial charge is 0.465 e. The van der Waals surface area contributed by atoms with Crippen molar-refractivity contribution in [3.63, 3.8) is 0 Å². The molecule has 0 bridgehead atoms. The number of nitrogens with zero attached hydrogens (tertiary/aromatic N) is 2. The van der Waals surface area contributed by atoms with Crippen molar-refractivity contribution in [3.8, 4) is 0 Å². The highest BCUT2D eigenvalue weighted by Crippen LogP contribution is 2.17. The molecule has 1 aromatic carbocycles. The smallest absolute Gasteiger partial charge is 0.133 e. The molecule has 0 radical (unpaired) electrons. The van der Waals surface area contributed by atoms with Gasteiger partial charge in [-0.05, 0) is 43.3 Å². The van der Waals surface area contributed by atoms with E-state index in [-0.39, 0.29) is 0 Å². The second-order valence-electron chi connectivity index (χ2n) is 4.05. The maximum atomic E-state index is 5.28. The van der Waals surface area contributed by atoms with Crippen LogP contribution >= 0.6 is 0 Å². The predicted octanol–water partition coefficient (Wildman–Crippen LogP) is 3.82. The molecule has 0 spiro atoms. The van der Waals surface area contributed by atoms with Crippen LogP contribution in [0.5, 0.6) is 0 Å². The van der Waals surface area contributed by atoms with Crippen LogP contribution in [0.15, 0.2) is 47.1 Å². The Hall–Kier alpha value is -2.29. The van der Waals surface area contributed by atoms with E-state index < -0.39 is 0 Å². The third-order valence-corrected chi connectivity index (χ3v) is 2.94. The van der Waals surface area contributed by atoms with Gasteiger partial charge in [-0.25, -0.2) is 4.98 Å². The highest BCUT2D eigenvalue weighted by atomic mass is 16.3. The Morgan fingerprint density at radius 1 is 1.17 bits per heavy atom. The first kappa shape index (κ1) is 10.8. The molecule has 3 rings (SSSR count). The van der Waals surface area contributed by atoms with E-state index in [2.05, 4.69) is 22.5 Å². The lowest BCUT2D eigenvalue weighted by atomic mass is 10.3. The minimum Gasteiger partial charge on any atom is -0.465 e. The van der Waals surface area contributed by atoms with Crippen LogP contribution in [0.1, 0.15) is 18.5 Å². The van der Waals surface area contributed by atoms with Gasteiger partial charge in [0.05, 0.1) is 17.3 Å². The van der Waals surface area contributed by atoms with Crippen LogP contribution in [-0.2, 0) is 6.54 Å². The summed E-state index contributed by atoms with van der Waals surface area (Å²) in [6, 6.07) is 12.0. The third-order valence-electron chi connectivity index (χ3n) is 2.94. The van der Waals surface area contributed by atoms with Crippen molar-refractivity contribution in [2.45, 2.75) is 13.5 Å². The number of fused-ring (bicyclic) bond motifs is 1. The molecule has 2 aromatic heterocycles. The highest BCUT2D eigenvalue weighted by Gasteiger charge is 2.05. The fourth-order valence-corrected chi connectivity index (χ4v) is 2.10. The van der Waals surface area contributed by atoms with Crippen LogP contribution in [0.3, 0.4) is 0 Å². The number of benzene rings is 1. The molecule has 18 heavy (non-hydrogen) atoms. The lowest BCUT2D eigenvalue weighted by molar-refractivity contribution is 0.557. The number of hydrogen-bond acceptors (Lipinski definition) is 2. The van der Waals surface area contributed by atoms with Crippen molar-refractivity contribution in [1.82, 2.24) is 9.55 Å². The Balaban J connectivity index is 2.06. The molecular weight excluding hydrogens is 224 g/mol. The fraction of sp³-hybridized carbons (Fsp3) is 0.133. The predicted molar refractivity (Wildman–Crippen MR) is 73.0 cm³/mol. The summed E-state index contributed by atoms with van der Waals surface area (Å²) >= 11 is 0. The molecule has 0 aliphatic rings. The summed E-state index contributed by atoms with van der Waals surface area (Å²) in [5.74, 6) is 1.79. The van der Waals surface area contributed by atoms with Crippen LogP contribution in [0, 0.1) is 0 Å². The Morgan fingerprint density at radius 3 is 2.83 bits per heavy atom. The van der Waals surface area contributed by atoms with E-state index in [0.29, 0.717) is 0 Å². The molecule has 0 aliphatic carbocycles. The van der Waals surface area contributed by atoms with E-state index in [9.17, 15) is 0 Å². The summed E-state index contributed by atoms with van der Waals surface area (Å²) in [6.45, 7) is 3.02. The summed E-state index contributed by atoms with van der Waals surface area (Å²) in [7, 11) is 0. The first-order valence-electron chi connectivity index (χ1n) is 6.05. The first-order chi connectivity index (χ1) is 8.88. The zero-order chi connectivity index (χ0) is 12.4. The maximum absolute atomic E-state index is 5.28. The molecule has 0 unspecified atom stereocenters. The molecule has 3 nitrogen and oxygen atoms in total. The maximum Gasteiger partial charge on any atom is 0.133 e. The van der Waals surface area contributed by atoms with E-state index in [1.54, 1.807) is 6.26 Å². The Kier molecular flexibility index (Phi) is 2.73. The number of aromatic nitrogens is 2. The van der Waals surface area contributed by atoms with Gasteiger partial charge in [0.25, 0.3) is 0 Å². The molecule has 0 amide bonds. The second kappa shape index (κ2) is 4.53. The molecule has 3 aromatic rings. The van der Waals surface area contributed by atoms with Crippen LogP contribution in [0.2, 0.25) is 0 Å². The quantitative estimate of drug-likeness (QED) is 0.694. The van der Waals surface area contributed by atoms with E-state index >= 15 is 0 Å². The minimum atomic E-state index is 0.838. The van der Waals surface area contributed by atoms with Gasteiger partial charge in [-0.3, -0.25) is 0 Å². The Morgan fingerprint density at radius 2 is 2.06 bits per heavy atom. The molecule has 0 aliphatic heterocycles. The van der Waals surface area contributed by atoms with Crippen molar-refractivity contribution in [2.75, 3.05) is 0 Å². The summed E-state index contributed by atoms with van der Waals surface area (Å²) in [5.41, 5.74) is 2.19. The summed E-state index contributed by atoms with van der Waals surface area (Å²) < 4.78 is 7.47. The van der Waals surface area contributed by atoms with Gasteiger partial charge >= 0.3 is 0 Å². The Bertz CT molecular complexity index is 678. The third kappa shape index (κ3) is 1.84. The summed E-state index contributed by atoms with van der Waals surface area (Å²) in [6.07, 6.45) is 5.60. The van der Waals surface area contributed by atoms with Crippen LogP contribution in [0.25, 0.3) is 23.2 Å². The molecule has 0 N–H and O–H groups in total. The van der Waals surface area contributed by atoms with Gasteiger partial charge in [0, 0.05) is 6.54 Å². The number of rotatable bonds is 3. The normalized spacial score (nSPS) is 11.6. The van der Waals surface area contributed by atoms with Crippen molar-refractivity contribution >= 4 is 23.2 Å². The average Bonchev–Trinajstić information content (AvgIpc) is 3.03. The molecular formula is C15H14N2O. The van der Waals surface area contributed by atoms with Crippen molar-refractivity contribution < 1.29 is 4.42 Å². The lowest BCUT2D eigenvalue weighted by Gasteiger charge is -2.01. The number of hydrogen-bond donors (Lipinski definition) is 0. The van der Waals surface area contributed by atoms with Gasteiger partial charge in [0.2, 0.25) is 0 Å². The van der Waals surface area contributed by atoms with Gasteiger partial charge in [0.15, 0.2) is 0 Å². The molecule has 0 saturated heterocycles. The van der Waals surface area contributed by atoms with E-state index in [1.807, 2.05) is 42.5 Å². The lowest BCUT2D eigenvalue weighted by Crippen LogP contribution is -1.96. The van der Waals surface area contributed by atoms with Crippen LogP contribution in [0.4, 0.5) is 0 Å². The second-order valence-corrected chi connectivity index (χ2v) is 4.05. The minimum absolute atomic E-state index is 0.838. The van der Waals surface area contributed by atoms with Crippen LogP contribution < -0.4 is 0 Å². The highest BCUT2D eigenvalue weighted by molar-refractivity contribution is 5.79. The van der Waals surface area contributed by atoms with Gasteiger partial charge < -0.3 is 8.98 Å². The van der Waals surface area contributed by atoms with Gasteiger partial charge in [-0.15, -0.1) is 0 Å². The fourth-order valence-electron chi connectivity index (χ4n) is 2.10. The number of furan rings is 1. The van der Waals surface area contributed by atoms with Crippen molar-refractivity contribution in [1.29, 1.82) is 0 Å².